The second-order valence-electron chi connectivity index (χ2n) is 4.91. The number of nitrogens with two attached hydrogens (primary N) is 1. The van der Waals surface area contributed by atoms with Crippen molar-refractivity contribution in [1.29, 1.82) is 0 Å². The Bertz CT molecular complexity index is 464. The number of carbonyl (C=O) groups excluding carboxylic acids is 2. The Morgan fingerprint density at radius 2 is 2.00 bits per heavy atom. The predicted octanol–water partition coefficient (Wildman–Crippen LogP) is 1.60. The van der Waals surface area contributed by atoms with E-state index >= 15 is 0 Å². The van der Waals surface area contributed by atoms with Crippen molar-refractivity contribution in [1.82, 2.24) is 10.6 Å². The van der Waals surface area contributed by atoms with Crippen LogP contribution < -0.4 is 16.4 Å². The zero-order valence-corrected chi connectivity index (χ0v) is 13.3. The molecule has 0 fully saturated rings. The Balaban J connectivity index is 0.00000400. The topological polar surface area (TPSA) is 84.2 Å². The van der Waals surface area contributed by atoms with Gasteiger partial charge in [-0.2, -0.15) is 0 Å². The van der Waals surface area contributed by atoms with Gasteiger partial charge in [-0.05, 0) is 31.0 Å². The molecule has 1 atom stereocenters. The van der Waals surface area contributed by atoms with E-state index in [0.717, 1.165) is 12.0 Å². The van der Waals surface area contributed by atoms with Crippen molar-refractivity contribution in [2.24, 2.45) is 5.73 Å². The van der Waals surface area contributed by atoms with E-state index in [1.54, 1.807) is 19.1 Å². The van der Waals surface area contributed by atoms with Crippen LogP contribution in [0.1, 0.15) is 42.6 Å². The highest BCUT2D eigenvalue weighted by molar-refractivity contribution is 5.94. The third-order valence-electron chi connectivity index (χ3n) is 2.72. The largest absolute Gasteiger partial charge is 0.352 e. The first kappa shape index (κ1) is 19.4. The van der Waals surface area contributed by atoms with Gasteiger partial charge in [-0.1, -0.05) is 19.1 Å². The van der Waals surface area contributed by atoms with Gasteiger partial charge in [0, 0.05) is 31.1 Å². The molecule has 0 saturated carbocycles. The van der Waals surface area contributed by atoms with Gasteiger partial charge in [0.25, 0.3) is 5.91 Å². The Kier molecular flexibility index (Phi) is 9.41. The van der Waals surface area contributed by atoms with Crippen LogP contribution in [0.15, 0.2) is 24.3 Å². The number of rotatable bonds is 7. The summed E-state index contributed by atoms with van der Waals surface area (Å²) < 4.78 is 0. The maximum Gasteiger partial charge on any atom is 0.251 e. The number of hydrogen-bond donors (Lipinski definition) is 3. The molecule has 0 aromatic heterocycles. The first-order chi connectivity index (χ1) is 9.52. The summed E-state index contributed by atoms with van der Waals surface area (Å²) in [6.07, 6.45) is 1.20. The number of halogens is 1. The molecule has 0 spiro atoms. The first-order valence-electron chi connectivity index (χ1n) is 6.92. The molecule has 6 heteroatoms. The van der Waals surface area contributed by atoms with Crippen molar-refractivity contribution in [2.75, 3.05) is 6.54 Å². The highest BCUT2D eigenvalue weighted by Crippen LogP contribution is 2.05. The molecule has 5 nitrogen and oxygen atoms in total. The fraction of sp³-hybridized carbons (Fsp3) is 0.467. The Morgan fingerprint density at radius 1 is 1.29 bits per heavy atom. The van der Waals surface area contributed by atoms with Gasteiger partial charge in [0.05, 0.1) is 0 Å². The van der Waals surface area contributed by atoms with Gasteiger partial charge < -0.3 is 16.4 Å². The monoisotopic (exact) mass is 313 g/mol. The molecule has 1 unspecified atom stereocenters. The van der Waals surface area contributed by atoms with Gasteiger partial charge in [0.1, 0.15) is 0 Å². The summed E-state index contributed by atoms with van der Waals surface area (Å²) in [5.41, 5.74) is 7.06. The molecule has 0 saturated heterocycles. The Hall–Kier alpha value is -1.59. The molecule has 118 valence electrons. The summed E-state index contributed by atoms with van der Waals surface area (Å²) in [4.78, 5) is 23.3. The van der Waals surface area contributed by atoms with Crippen LogP contribution in [0, 0.1) is 0 Å². The number of nitrogens with one attached hydrogen (secondary N) is 2. The van der Waals surface area contributed by atoms with Gasteiger partial charge in [-0.15, -0.1) is 12.4 Å². The van der Waals surface area contributed by atoms with Crippen LogP contribution >= 0.6 is 12.4 Å². The average molecular weight is 314 g/mol. The van der Waals surface area contributed by atoms with Crippen LogP contribution in [0.5, 0.6) is 0 Å². The number of hydrogen-bond acceptors (Lipinski definition) is 3. The molecule has 2 amide bonds. The highest BCUT2D eigenvalue weighted by Gasteiger charge is 2.07. The molecule has 1 aromatic carbocycles. The summed E-state index contributed by atoms with van der Waals surface area (Å²) >= 11 is 0. The zero-order valence-electron chi connectivity index (χ0n) is 12.5. The van der Waals surface area contributed by atoms with Gasteiger partial charge in [0.15, 0.2) is 0 Å². The molecule has 0 aliphatic carbocycles. The fourth-order valence-electron chi connectivity index (χ4n) is 1.73. The number of carbonyl (C=O) groups is 2. The van der Waals surface area contributed by atoms with E-state index in [1.165, 1.54) is 0 Å². The molecule has 1 aromatic rings. The third-order valence-corrected chi connectivity index (χ3v) is 2.72. The molecule has 21 heavy (non-hydrogen) atoms. The second-order valence-corrected chi connectivity index (χ2v) is 4.91. The number of benzene rings is 1. The minimum atomic E-state index is -0.152. The number of amides is 2. The minimum absolute atomic E-state index is 0. The van der Waals surface area contributed by atoms with Gasteiger partial charge in [-0.25, -0.2) is 0 Å². The first-order valence-corrected chi connectivity index (χ1v) is 6.92. The van der Waals surface area contributed by atoms with Crippen molar-refractivity contribution < 1.29 is 9.59 Å². The summed E-state index contributed by atoms with van der Waals surface area (Å²) in [5.74, 6) is -0.170. The van der Waals surface area contributed by atoms with Crippen molar-refractivity contribution >= 4 is 24.2 Å². The predicted molar refractivity (Wildman–Crippen MR) is 86.4 cm³/mol. The molecule has 0 heterocycles. The lowest BCUT2D eigenvalue weighted by Gasteiger charge is -2.09. The maximum absolute atomic E-state index is 11.8. The van der Waals surface area contributed by atoms with Gasteiger partial charge >= 0.3 is 0 Å². The summed E-state index contributed by atoms with van der Waals surface area (Å²) in [6, 6.07) is 7.09. The molecule has 0 aliphatic heterocycles. The Morgan fingerprint density at radius 3 is 2.62 bits per heavy atom. The average Bonchev–Trinajstić information content (AvgIpc) is 2.42. The van der Waals surface area contributed by atoms with Gasteiger partial charge in [0.2, 0.25) is 5.91 Å². The summed E-state index contributed by atoms with van der Waals surface area (Å²) in [7, 11) is 0. The summed E-state index contributed by atoms with van der Waals surface area (Å²) in [5, 5.41) is 5.61. The van der Waals surface area contributed by atoms with E-state index in [1.807, 2.05) is 19.1 Å². The van der Waals surface area contributed by atoms with E-state index in [9.17, 15) is 9.59 Å². The normalized spacial score (nSPS) is 11.2. The Labute approximate surface area is 132 Å². The van der Waals surface area contributed by atoms with E-state index in [4.69, 9.17) is 5.73 Å². The van der Waals surface area contributed by atoms with Crippen LogP contribution in [0.4, 0.5) is 0 Å². The van der Waals surface area contributed by atoms with E-state index < -0.39 is 0 Å². The van der Waals surface area contributed by atoms with Crippen LogP contribution in [0.3, 0.4) is 0 Å². The minimum Gasteiger partial charge on any atom is -0.352 e. The van der Waals surface area contributed by atoms with Crippen LogP contribution in [0.2, 0.25) is 0 Å². The molecule has 0 bridgehead atoms. The van der Waals surface area contributed by atoms with E-state index in [-0.39, 0.29) is 30.3 Å². The molecule has 4 N–H and O–H groups in total. The lowest BCUT2D eigenvalue weighted by atomic mass is 10.1. The lowest BCUT2D eigenvalue weighted by molar-refractivity contribution is -0.121. The standard InChI is InChI=1S/C15H23N3O2.ClH/c1-3-7-17-15(20)13-6-4-5-12(9-13)10-18-14(19)8-11(2)16;/h4-6,9,11H,3,7-8,10,16H2,1-2H3,(H,17,20)(H,18,19);1H. The highest BCUT2D eigenvalue weighted by atomic mass is 35.5. The lowest BCUT2D eigenvalue weighted by Crippen LogP contribution is -2.29. The van der Waals surface area contributed by atoms with Crippen molar-refractivity contribution in [3.05, 3.63) is 35.4 Å². The molecule has 0 radical (unpaired) electrons. The molecule has 1 rings (SSSR count). The van der Waals surface area contributed by atoms with E-state index in [2.05, 4.69) is 10.6 Å². The molecular weight excluding hydrogens is 290 g/mol. The van der Waals surface area contributed by atoms with Crippen LogP contribution in [0.25, 0.3) is 0 Å². The second kappa shape index (κ2) is 10.2. The van der Waals surface area contributed by atoms with Crippen molar-refractivity contribution in [3.63, 3.8) is 0 Å². The maximum atomic E-state index is 11.8. The van der Waals surface area contributed by atoms with E-state index in [0.29, 0.717) is 25.1 Å². The van der Waals surface area contributed by atoms with Crippen molar-refractivity contribution in [2.45, 2.75) is 39.3 Å². The smallest absolute Gasteiger partial charge is 0.251 e. The fourth-order valence-corrected chi connectivity index (χ4v) is 1.73. The van der Waals surface area contributed by atoms with Crippen LogP contribution in [-0.2, 0) is 11.3 Å². The zero-order chi connectivity index (χ0) is 15.0. The molecule has 0 aliphatic rings. The van der Waals surface area contributed by atoms with Crippen molar-refractivity contribution in [3.8, 4) is 0 Å². The van der Waals surface area contributed by atoms with Gasteiger partial charge in [-0.3, -0.25) is 9.59 Å². The third kappa shape index (κ3) is 7.68. The van der Waals surface area contributed by atoms with Crippen LogP contribution in [-0.4, -0.2) is 24.4 Å². The quantitative estimate of drug-likeness (QED) is 0.715. The summed E-state index contributed by atoms with van der Waals surface area (Å²) in [6.45, 7) is 4.86. The SMILES string of the molecule is CCCNC(=O)c1cccc(CNC(=O)CC(C)N)c1.Cl. The molecular formula is C15H24ClN3O2.